The molecule has 9 heavy (non-hydrogen) atoms. The van der Waals surface area contributed by atoms with Crippen LogP contribution in [-0.2, 0) is 0 Å². The molecular formula is C8H16Si. The van der Waals surface area contributed by atoms with Crippen molar-refractivity contribution in [3.05, 3.63) is 0 Å². The molecule has 0 aromatic heterocycles. The zero-order valence-corrected chi connectivity index (χ0v) is 8.28. The SMILES string of the molecule is CC(C)C#C[SiH2]C(C)C. The van der Waals surface area contributed by atoms with Gasteiger partial charge in [-0.1, -0.05) is 27.7 Å². The Hall–Kier alpha value is -0.223. The molecule has 0 atom stereocenters. The van der Waals surface area contributed by atoms with E-state index >= 15 is 0 Å². The lowest BCUT2D eigenvalue weighted by Gasteiger charge is -1.92. The molecule has 0 saturated heterocycles. The lowest BCUT2D eigenvalue weighted by atomic mass is 10.2. The third-order valence-corrected chi connectivity index (χ3v) is 2.13. The van der Waals surface area contributed by atoms with Gasteiger partial charge in [-0.3, -0.25) is 0 Å². The summed E-state index contributed by atoms with van der Waals surface area (Å²) >= 11 is 0. The summed E-state index contributed by atoms with van der Waals surface area (Å²) in [5, 5.41) is 0. The van der Waals surface area contributed by atoms with Crippen molar-refractivity contribution in [1.82, 2.24) is 0 Å². The Morgan fingerprint density at radius 2 is 1.67 bits per heavy atom. The Kier molecular flexibility index (Phi) is 4.52. The van der Waals surface area contributed by atoms with Crippen LogP contribution in [0.15, 0.2) is 0 Å². The van der Waals surface area contributed by atoms with Gasteiger partial charge < -0.3 is 0 Å². The first-order valence-corrected chi connectivity index (χ1v) is 5.13. The molecule has 0 unspecified atom stereocenters. The maximum Gasteiger partial charge on any atom is 0.109 e. The van der Waals surface area contributed by atoms with Crippen LogP contribution in [0.5, 0.6) is 0 Å². The Balaban J connectivity index is 3.38. The molecule has 0 rings (SSSR count). The number of hydrogen-bond acceptors (Lipinski definition) is 0. The molecule has 0 radical (unpaired) electrons. The molecule has 0 bridgehead atoms. The first-order chi connectivity index (χ1) is 4.13. The average Bonchev–Trinajstić information content (AvgIpc) is 1.63. The van der Waals surface area contributed by atoms with Crippen molar-refractivity contribution in [2.75, 3.05) is 0 Å². The molecule has 52 valence electrons. The first-order valence-electron chi connectivity index (χ1n) is 3.61. The van der Waals surface area contributed by atoms with E-state index in [1.54, 1.807) is 0 Å². The van der Waals surface area contributed by atoms with Gasteiger partial charge in [0.1, 0.15) is 9.52 Å². The van der Waals surface area contributed by atoms with E-state index in [4.69, 9.17) is 0 Å². The van der Waals surface area contributed by atoms with Crippen LogP contribution >= 0.6 is 0 Å². The second-order valence-electron chi connectivity index (χ2n) is 3.07. The van der Waals surface area contributed by atoms with Crippen LogP contribution in [0, 0.1) is 17.4 Å². The minimum Gasteiger partial charge on any atom is -0.139 e. The Morgan fingerprint density at radius 1 is 1.11 bits per heavy atom. The molecule has 0 saturated carbocycles. The predicted molar refractivity (Wildman–Crippen MR) is 46.3 cm³/mol. The monoisotopic (exact) mass is 140 g/mol. The maximum absolute atomic E-state index is 3.27. The highest BCUT2D eigenvalue weighted by atomic mass is 28.2. The van der Waals surface area contributed by atoms with E-state index < -0.39 is 0 Å². The normalized spacial score (nSPS) is 10.9. The third kappa shape index (κ3) is 7.78. The fourth-order valence-electron chi connectivity index (χ4n) is 0.467. The molecule has 0 aromatic rings. The summed E-state index contributed by atoms with van der Waals surface area (Å²) in [7, 11) is -0.0578. The predicted octanol–water partition coefficient (Wildman–Crippen LogP) is 1.60. The lowest BCUT2D eigenvalue weighted by Crippen LogP contribution is -1.91. The largest absolute Gasteiger partial charge is 0.139 e. The summed E-state index contributed by atoms with van der Waals surface area (Å²) in [6.07, 6.45) is 0. The number of rotatable bonds is 1. The molecule has 0 nitrogen and oxygen atoms in total. The summed E-state index contributed by atoms with van der Waals surface area (Å²) in [5.74, 6) is 3.75. The maximum atomic E-state index is 3.27. The van der Waals surface area contributed by atoms with Crippen molar-refractivity contribution in [1.29, 1.82) is 0 Å². The van der Waals surface area contributed by atoms with E-state index in [2.05, 4.69) is 39.2 Å². The van der Waals surface area contributed by atoms with Gasteiger partial charge in [0, 0.05) is 5.92 Å². The van der Waals surface area contributed by atoms with Crippen molar-refractivity contribution in [3.8, 4) is 11.5 Å². The molecule has 0 heterocycles. The summed E-state index contributed by atoms with van der Waals surface area (Å²) in [4.78, 5) is 0. The molecule has 0 spiro atoms. The standard InChI is InChI=1S/C8H16Si/c1-7(2)5-6-9-8(3)4/h7-8H,9H2,1-4H3. The molecular weight excluding hydrogens is 124 g/mol. The van der Waals surface area contributed by atoms with E-state index in [1.807, 2.05) is 0 Å². The molecule has 1 heteroatoms. The summed E-state index contributed by atoms with van der Waals surface area (Å²) in [5.41, 5.74) is 4.13. The van der Waals surface area contributed by atoms with Crippen molar-refractivity contribution < 1.29 is 0 Å². The lowest BCUT2D eigenvalue weighted by molar-refractivity contribution is 0.867. The van der Waals surface area contributed by atoms with Gasteiger partial charge in [0.15, 0.2) is 0 Å². The topological polar surface area (TPSA) is 0 Å². The third-order valence-electron chi connectivity index (χ3n) is 0.901. The van der Waals surface area contributed by atoms with Crippen molar-refractivity contribution in [2.24, 2.45) is 5.92 Å². The fourth-order valence-corrected chi connectivity index (χ4v) is 1.40. The van der Waals surface area contributed by atoms with Gasteiger partial charge >= 0.3 is 0 Å². The molecule has 0 N–H and O–H groups in total. The van der Waals surface area contributed by atoms with Gasteiger partial charge in [-0.05, 0) is 5.54 Å². The van der Waals surface area contributed by atoms with Crippen molar-refractivity contribution in [3.63, 3.8) is 0 Å². The van der Waals surface area contributed by atoms with Gasteiger partial charge in [0.2, 0.25) is 0 Å². The Labute approximate surface area is 60.9 Å². The van der Waals surface area contributed by atoms with Gasteiger partial charge in [-0.25, -0.2) is 0 Å². The highest BCUT2D eigenvalue weighted by Gasteiger charge is 1.88. The van der Waals surface area contributed by atoms with Gasteiger partial charge in [0.25, 0.3) is 0 Å². The van der Waals surface area contributed by atoms with Gasteiger partial charge in [-0.15, -0.1) is 11.5 Å². The Morgan fingerprint density at radius 3 is 2.00 bits per heavy atom. The summed E-state index contributed by atoms with van der Waals surface area (Å²) in [6, 6.07) is 0. The second kappa shape index (κ2) is 4.64. The van der Waals surface area contributed by atoms with Crippen LogP contribution in [0.4, 0.5) is 0 Å². The van der Waals surface area contributed by atoms with Crippen LogP contribution in [0.2, 0.25) is 5.54 Å². The van der Waals surface area contributed by atoms with E-state index in [9.17, 15) is 0 Å². The van der Waals surface area contributed by atoms with Crippen LogP contribution in [-0.4, -0.2) is 9.52 Å². The quantitative estimate of drug-likeness (QED) is 0.383. The zero-order valence-electron chi connectivity index (χ0n) is 6.86. The highest BCUT2D eigenvalue weighted by molar-refractivity contribution is 6.47. The van der Waals surface area contributed by atoms with Crippen LogP contribution < -0.4 is 0 Å². The summed E-state index contributed by atoms with van der Waals surface area (Å²) < 4.78 is 0. The molecule has 0 aromatic carbocycles. The van der Waals surface area contributed by atoms with E-state index in [-0.39, 0.29) is 9.52 Å². The van der Waals surface area contributed by atoms with Crippen LogP contribution in [0.1, 0.15) is 27.7 Å². The molecule has 0 amide bonds. The fraction of sp³-hybridized carbons (Fsp3) is 0.750. The second-order valence-corrected chi connectivity index (χ2v) is 5.47. The van der Waals surface area contributed by atoms with Gasteiger partial charge in [0.05, 0.1) is 0 Å². The smallest absolute Gasteiger partial charge is 0.109 e. The first kappa shape index (κ1) is 8.78. The van der Waals surface area contributed by atoms with E-state index in [0.717, 1.165) is 5.54 Å². The molecule has 0 aliphatic rings. The molecule has 0 aliphatic carbocycles. The van der Waals surface area contributed by atoms with Crippen molar-refractivity contribution >= 4 is 9.52 Å². The molecule has 0 aliphatic heterocycles. The van der Waals surface area contributed by atoms with E-state index in [0.29, 0.717) is 5.92 Å². The zero-order chi connectivity index (χ0) is 7.28. The van der Waals surface area contributed by atoms with Crippen LogP contribution in [0.25, 0.3) is 0 Å². The van der Waals surface area contributed by atoms with Gasteiger partial charge in [-0.2, -0.15) is 0 Å². The van der Waals surface area contributed by atoms with E-state index in [1.165, 1.54) is 0 Å². The Bertz CT molecular complexity index is 114. The summed E-state index contributed by atoms with van der Waals surface area (Å²) in [6.45, 7) is 8.78. The minimum atomic E-state index is -0.0578. The minimum absolute atomic E-state index is 0.0578. The van der Waals surface area contributed by atoms with Crippen molar-refractivity contribution in [2.45, 2.75) is 33.2 Å². The highest BCUT2D eigenvalue weighted by Crippen LogP contribution is 1.94. The average molecular weight is 140 g/mol. The number of hydrogen-bond donors (Lipinski definition) is 0. The molecule has 0 fully saturated rings. The van der Waals surface area contributed by atoms with Crippen LogP contribution in [0.3, 0.4) is 0 Å².